The fourth-order valence-corrected chi connectivity index (χ4v) is 2.43. The van der Waals surface area contributed by atoms with Crippen molar-refractivity contribution >= 4 is 5.57 Å². The third-order valence-electron chi connectivity index (χ3n) is 3.36. The maximum absolute atomic E-state index is 2.32. The van der Waals surface area contributed by atoms with E-state index in [0.29, 0.717) is 0 Å². The monoisotopic (exact) mass is 300 g/mol. The predicted octanol–water partition coefficient (Wildman–Crippen LogP) is 4.80. The summed E-state index contributed by atoms with van der Waals surface area (Å²) in [6, 6.07) is 27.2. The Balaban J connectivity index is 0.000000210. The minimum atomic E-state index is 0. The van der Waals surface area contributed by atoms with Gasteiger partial charge in [0.1, 0.15) is 0 Å². The molecule has 4 rings (SSSR count). The van der Waals surface area contributed by atoms with Crippen molar-refractivity contribution < 1.29 is 17.1 Å². The van der Waals surface area contributed by atoms with Gasteiger partial charge in [-0.25, -0.2) is 12.1 Å². The molecule has 0 spiro atoms. The molecule has 0 unspecified atom stereocenters. The molecule has 0 nitrogen and oxygen atoms in total. The first kappa shape index (κ1) is 14.6. The van der Waals surface area contributed by atoms with Crippen LogP contribution in [0.1, 0.15) is 16.7 Å². The van der Waals surface area contributed by atoms with Crippen LogP contribution in [0.3, 0.4) is 0 Å². The van der Waals surface area contributed by atoms with E-state index in [9.17, 15) is 0 Å². The van der Waals surface area contributed by atoms with Crippen molar-refractivity contribution in [3.05, 3.63) is 102 Å². The Kier molecular flexibility index (Phi) is 5.17. The van der Waals surface area contributed by atoms with E-state index in [1.807, 2.05) is 30.3 Å². The van der Waals surface area contributed by atoms with Gasteiger partial charge in [-0.3, -0.25) is 0 Å². The summed E-state index contributed by atoms with van der Waals surface area (Å²) >= 11 is 0. The summed E-state index contributed by atoms with van der Waals surface area (Å²) in [4.78, 5) is 0. The predicted molar refractivity (Wildman–Crippen MR) is 81.3 cm³/mol. The average molecular weight is 300 g/mol. The zero-order valence-electron chi connectivity index (χ0n) is 11.1. The van der Waals surface area contributed by atoms with Crippen molar-refractivity contribution in [2.75, 3.05) is 0 Å². The quantitative estimate of drug-likeness (QED) is 0.447. The molecule has 0 saturated carbocycles. The molecule has 0 radical (unpaired) electrons. The van der Waals surface area contributed by atoms with Gasteiger partial charge in [-0.15, -0.1) is 23.8 Å². The smallest absolute Gasteiger partial charge is 0.214 e. The van der Waals surface area contributed by atoms with Crippen LogP contribution in [-0.4, -0.2) is 0 Å². The molecule has 0 N–H and O–H groups in total. The van der Waals surface area contributed by atoms with Crippen molar-refractivity contribution in [1.82, 2.24) is 0 Å². The van der Waals surface area contributed by atoms with E-state index in [0.717, 1.165) is 6.42 Å². The van der Waals surface area contributed by atoms with E-state index in [2.05, 4.69) is 54.6 Å². The van der Waals surface area contributed by atoms with E-state index < -0.39 is 0 Å². The Hall–Kier alpha value is -1.82. The Morgan fingerprint density at radius 1 is 0.850 bits per heavy atom. The zero-order chi connectivity index (χ0) is 12.9. The number of hydrogen-bond donors (Lipinski definition) is 0. The summed E-state index contributed by atoms with van der Waals surface area (Å²) in [5.74, 6) is 0. The molecule has 0 atom stereocenters. The van der Waals surface area contributed by atoms with Gasteiger partial charge in [0.15, 0.2) is 0 Å². The topological polar surface area (TPSA) is 0 Å². The first-order valence-electron chi connectivity index (χ1n) is 6.62. The molecule has 3 aromatic rings. The van der Waals surface area contributed by atoms with Gasteiger partial charge in [0.25, 0.3) is 0 Å². The molecule has 0 aliphatic heterocycles. The Morgan fingerprint density at radius 2 is 1.55 bits per heavy atom. The van der Waals surface area contributed by atoms with Gasteiger partial charge in [0.2, 0.25) is 0 Å². The standard InChI is InChI=1S/C14H11.C5H5.Fe/c1-2-6-11(5-1)14-10-9-12-7-3-4-8-13(12)14;1-2-4-5-3-1;/h1-8,10H,9H2;1-5H;/q2*-1;+2. The molecular formula is C19H16Fe. The van der Waals surface area contributed by atoms with Crippen LogP contribution in [0.15, 0.2) is 84.9 Å². The molecular weight excluding hydrogens is 284 g/mol. The van der Waals surface area contributed by atoms with Crippen LogP contribution in [-0.2, 0) is 23.5 Å². The molecule has 0 saturated heterocycles. The molecule has 0 aromatic heterocycles. The molecule has 0 heterocycles. The van der Waals surface area contributed by atoms with Gasteiger partial charge < -0.3 is 0 Å². The molecule has 1 heteroatoms. The molecule has 0 bridgehead atoms. The second-order valence-corrected chi connectivity index (χ2v) is 4.61. The zero-order valence-corrected chi connectivity index (χ0v) is 12.2. The fourth-order valence-electron chi connectivity index (χ4n) is 2.43. The van der Waals surface area contributed by atoms with Gasteiger partial charge >= 0.3 is 17.1 Å². The van der Waals surface area contributed by atoms with Gasteiger partial charge in [-0.05, 0) is 6.42 Å². The third kappa shape index (κ3) is 3.19. The SMILES string of the molecule is C1=C([c-]2cccc2)c2ccccc2C1.[Fe+2].c1cc[cH-]c1. The minimum Gasteiger partial charge on any atom is -0.214 e. The van der Waals surface area contributed by atoms with E-state index in [-0.39, 0.29) is 17.1 Å². The van der Waals surface area contributed by atoms with Gasteiger partial charge in [0.05, 0.1) is 0 Å². The van der Waals surface area contributed by atoms with Crippen LogP contribution in [0, 0.1) is 0 Å². The first-order chi connectivity index (χ1) is 9.45. The molecule has 0 fully saturated rings. The van der Waals surface area contributed by atoms with Gasteiger partial charge in [-0.2, -0.15) is 30.3 Å². The van der Waals surface area contributed by atoms with Crippen LogP contribution >= 0.6 is 0 Å². The number of allylic oxidation sites excluding steroid dienone is 1. The van der Waals surface area contributed by atoms with Crippen LogP contribution in [0.25, 0.3) is 5.57 Å². The maximum Gasteiger partial charge on any atom is 2.00 e. The van der Waals surface area contributed by atoms with E-state index in [4.69, 9.17) is 0 Å². The second kappa shape index (κ2) is 7.09. The Morgan fingerprint density at radius 3 is 2.20 bits per heavy atom. The van der Waals surface area contributed by atoms with Crippen molar-refractivity contribution in [2.45, 2.75) is 6.42 Å². The maximum atomic E-state index is 2.32. The fraction of sp³-hybridized carbons (Fsp3) is 0.0526. The first-order valence-corrected chi connectivity index (χ1v) is 6.62. The van der Waals surface area contributed by atoms with E-state index in [1.165, 1.54) is 22.3 Å². The number of rotatable bonds is 1. The summed E-state index contributed by atoms with van der Waals surface area (Å²) in [7, 11) is 0. The van der Waals surface area contributed by atoms with Crippen LogP contribution < -0.4 is 0 Å². The van der Waals surface area contributed by atoms with Crippen molar-refractivity contribution in [3.8, 4) is 0 Å². The molecule has 1 aliphatic rings. The van der Waals surface area contributed by atoms with Crippen LogP contribution in [0.4, 0.5) is 0 Å². The molecule has 3 aromatic carbocycles. The third-order valence-corrected chi connectivity index (χ3v) is 3.36. The number of fused-ring (bicyclic) bond motifs is 1. The normalized spacial score (nSPS) is 11.7. The summed E-state index contributed by atoms with van der Waals surface area (Å²) in [6.45, 7) is 0. The van der Waals surface area contributed by atoms with Gasteiger partial charge in [0, 0.05) is 0 Å². The van der Waals surface area contributed by atoms with Crippen LogP contribution in [0.5, 0.6) is 0 Å². The summed E-state index contributed by atoms with van der Waals surface area (Å²) in [5.41, 5.74) is 5.59. The number of benzene rings is 1. The Bertz CT molecular complexity index is 626. The van der Waals surface area contributed by atoms with Crippen LogP contribution in [0.2, 0.25) is 0 Å². The largest absolute Gasteiger partial charge is 2.00 e. The summed E-state index contributed by atoms with van der Waals surface area (Å²) < 4.78 is 0. The van der Waals surface area contributed by atoms with Crippen molar-refractivity contribution in [2.24, 2.45) is 0 Å². The average Bonchev–Trinajstić information content (AvgIpc) is 3.21. The van der Waals surface area contributed by atoms with Crippen molar-refractivity contribution in [3.63, 3.8) is 0 Å². The van der Waals surface area contributed by atoms with E-state index in [1.54, 1.807) is 0 Å². The molecule has 20 heavy (non-hydrogen) atoms. The minimum absolute atomic E-state index is 0. The number of hydrogen-bond acceptors (Lipinski definition) is 0. The van der Waals surface area contributed by atoms with Crippen molar-refractivity contribution in [1.29, 1.82) is 0 Å². The van der Waals surface area contributed by atoms with Gasteiger partial charge in [-0.1, -0.05) is 41.0 Å². The Labute approximate surface area is 131 Å². The molecule has 1 aliphatic carbocycles. The second-order valence-electron chi connectivity index (χ2n) is 4.61. The van der Waals surface area contributed by atoms with E-state index >= 15 is 0 Å². The summed E-state index contributed by atoms with van der Waals surface area (Å²) in [6.07, 6.45) is 3.40. The summed E-state index contributed by atoms with van der Waals surface area (Å²) in [5, 5.41) is 0. The molecule has 0 amide bonds. The molecule has 100 valence electrons.